The third-order valence-electron chi connectivity index (χ3n) is 5.81. The molecule has 0 N–H and O–H groups in total. The molecule has 2 heterocycles. The highest BCUT2D eigenvalue weighted by Gasteiger charge is 2.34. The average molecular weight is 413 g/mol. The maximum Gasteiger partial charge on any atom is 0.299 e. The maximum atomic E-state index is 6.39. The second-order valence-corrected chi connectivity index (χ2v) is 8.31. The Balaban J connectivity index is 1.77. The van der Waals surface area contributed by atoms with Crippen molar-refractivity contribution in [1.82, 2.24) is 14.5 Å². The van der Waals surface area contributed by atoms with Crippen LogP contribution < -0.4 is 9.64 Å². The number of rotatable bonds is 6. The maximum absolute atomic E-state index is 6.39. The number of nitrogens with zero attached hydrogens (tertiary/aromatic N) is 4. The zero-order chi connectivity index (χ0) is 20.5. The minimum atomic E-state index is 0.233. The minimum Gasteiger partial charge on any atom is -0.461 e. The summed E-state index contributed by atoms with van der Waals surface area (Å²) in [5, 5.41) is 0.735. The van der Waals surface area contributed by atoms with Crippen molar-refractivity contribution in [3.8, 4) is 6.01 Å². The van der Waals surface area contributed by atoms with Gasteiger partial charge >= 0.3 is 0 Å². The summed E-state index contributed by atoms with van der Waals surface area (Å²) in [6.45, 7) is 12.4. The van der Waals surface area contributed by atoms with Crippen LogP contribution in [-0.2, 0) is 6.54 Å². The quantitative estimate of drug-likeness (QED) is 0.626. The molecule has 0 radical (unpaired) electrons. The Kier molecular flexibility index (Phi) is 5.59. The number of halogens is 1. The van der Waals surface area contributed by atoms with E-state index < -0.39 is 0 Å². The van der Waals surface area contributed by atoms with Crippen molar-refractivity contribution in [2.75, 3.05) is 18.5 Å². The van der Waals surface area contributed by atoms with Crippen LogP contribution in [0.5, 0.6) is 6.01 Å². The number of hydrogen-bond donors (Lipinski definition) is 0. The molecule has 154 valence electrons. The lowest BCUT2D eigenvalue weighted by Gasteiger charge is -2.38. The first-order chi connectivity index (χ1) is 14.0. The van der Waals surface area contributed by atoms with Crippen molar-refractivity contribution >= 4 is 23.1 Å². The number of aromatic nitrogens is 2. The molecule has 1 saturated carbocycles. The van der Waals surface area contributed by atoms with Crippen molar-refractivity contribution < 1.29 is 4.74 Å². The van der Waals surface area contributed by atoms with Gasteiger partial charge in [-0.15, -0.1) is 0 Å². The van der Waals surface area contributed by atoms with Gasteiger partial charge in [0.2, 0.25) is 0 Å². The van der Waals surface area contributed by atoms with Gasteiger partial charge in [0.15, 0.2) is 5.82 Å². The summed E-state index contributed by atoms with van der Waals surface area (Å²) < 4.78 is 8.55. The van der Waals surface area contributed by atoms with Gasteiger partial charge < -0.3 is 14.5 Å². The zero-order valence-electron chi connectivity index (χ0n) is 17.3. The van der Waals surface area contributed by atoms with Gasteiger partial charge in [-0.1, -0.05) is 43.8 Å². The molecule has 1 aromatic heterocycles. The lowest BCUT2D eigenvalue weighted by atomic mass is 10.2. The van der Waals surface area contributed by atoms with E-state index in [1.165, 1.54) is 12.8 Å². The first-order valence-corrected chi connectivity index (χ1v) is 10.8. The molecule has 0 amide bonds. The fourth-order valence-electron chi connectivity index (χ4n) is 4.18. The van der Waals surface area contributed by atoms with Gasteiger partial charge in [-0.3, -0.25) is 4.57 Å². The summed E-state index contributed by atoms with van der Waals surface area (Å²) in [5.41, 5.74) is 3.07. The number of hydrogen-bond acceptors (Lipinski definition) is 4. The predicted octanol–water partition coefficient (Wildman–Crippen LogP) is 5.51. The van der Waals surface area contributed by atoms with Crippen molar-refractivity contribution in [3.05, 3.63) is 59.5 Å². The summed E-state index contributed by atoms with van der Waals surface area (Å²) >= 11 is 6.08. The zero-order valence-corrected chi connectivity index (χ0v) is 18.1. The van der Waals surface area contributed by atoms with Gasteiger partial charge in [-0.2, -0.15) is 4.98 Å². The summed E-state index contributed by atoms with van der Waals surface area (Å²) in [4.78, 5) is 9.11. The highest BCUT2D eigenvalue weighted by molar-refractivity contribution is 6.30. The van der Waals surface area contributed by atoms with E-state index >= 15 is 0 Å². The summed E-state index contributed by atoms with van der Waals surface area (Å²) in [5.74, 6) is 1.75. The van der Waals surface area contributed by atoms with Crippen LogP contribution in [0, 0.1) is 0 Å². The van der Waals surface area contributed by atoms with E-state index in [0.717, 1.165) is 59.4 Å². The number of fused-ring (bicyclic) bond motifs is 1. The van der Waals surface area contributed by atoms with Crippen molar-refractivity contribution in [2.24, 2.45) is 0 Å². The molecule has 0 saturated heterocycles. The van der Waals surface area contributed by atoms with Crippen LogP contribution in [0.2, 0.25) is 5.02 Å². The van der Waals surface area contributed by atoms with Gasteiger partial charge in [0.1, 0.15) is 17.6 Å². The molecule has 1 aromatic carbocycles. The molecule has 6 heteroatoms. The molecule has 1 aliphatic heterocycles. The van der Waals surface area contributed by atoms with E-state index in [4.69, 9.17) is 21.3 Å². The van der Waals surface area contributed by atoms with Gasteiger partial charge in [0, 0.05) is 18.6 Å². The molecule has 5 nitrogen and oxygen atoms in total. The van der Waals surface area contributed by atoms with Gasteiger partial charge in [0.05, 0.1) is 12.2 Å². The molecule has 0 bridgehead atoms. The van der Waals surface area contributed by atoms with E-state index in [2.05, 4.69) is 29.5 Å². The third-order valence-corrected chi connectivity index (χ3v) is 6.06. The molecule has 2 aromatic rings. The monoisotopic (exact) mass is 412 g/mol. The third kappa shape index (κ3) is 3.76. The SMILES string of the molecule is C=C1c2c(nc(OC3CCCC3)n2Cc2ccc(Cl)cc2)N(C)C(=C)N1CCC. The molecule has 2 aliphatic rings. The largest absolute Gasteiger partial charge is 0.461 e. The van der Waals surface area contributed by atoms with Crippen LogP contribution in [0.1, 0.15) is 50.3 Å². The van der Waals surface area contributed by atoms with Crippen LogP contribution in [0.3, 0.4) is 0 Å². The molecular formula is C23H29ClN4O. The highest BCUT2D eigenvalue weighted by atomic mass is 35.5. The summed E-state index contributed by atoms with van der Waals surface area (Å²) in [7, 11) is 2.01. The molecule has 0 unspecified atom stereocenters. The Bertz CT molecular complexity index is 912. The Hall–Kier alpha value is -2.40. The number of ether oxygens (including phenoxy) is 1. The lowest BCUT2D eigenvalue weighted by molar-refractivity contribution is 0.184. The first kappa shape index (κ1) is 19.9. The average Bonchev–Trinajstić information content (AvgIpc) is 3.34. The van der Waals surface area contributed by atoms with Gasteiger partial charge in [0.25, 0.3) is 6.01 Å². The molecule has 4 rings (SSSR count). The van der Waals surface area contributed by atoms with Crippen molar-refractivity contribution in [2.45, 2.75) is 51.7 Å². The predicted molar refractivity (Wildman–Crippen MR) is 119 cm³/mol. The fraction of sp³-hybridized carbons (Fsp3) is 0.435. The van der Waals surface area contributed by atoms with Crippen LogP contribution in [0.4, 0.5) is 5.82 Å². The summed E-state index contributed by atoms with van der Waals surface area (Å²) in [6, 6.07) is 8.60. The molecule has 1 fully saturated rings. The van der Waals surface area contributed by atoms with Crippen LogP contribution in [0.25, 0.3) is 5.70 Å². The Morgan fingerprint density at radius 1 is 1.17 bits per heavy atom. The Morgan fingerprint density at radius 3 is 2.52 bits per heavy atom. The molecule has 1 aliphatic carbocycles. The van der Waals surface area contributed by atoms with Crippen LogP contribution >= 0.6 is 11.6 Å². The number of imidazole rings is 1. The number of benzene rings is 1. The van der Waals surface area contributed by atoms with E-state index in [1.807, 2.05) is 36.2 Å². The van der Waals surface area contributed by atoms with E-state index in [-0.39, 0.29) is 6.10 Å². The lowest BCUT2D eigenvalue weighted by Crippen LogP contribution is -2.37. The molecular weight excluding hydrogens is 384 g/mol. The van der Waals surface area contributed by atoms with E-state index in [0.29, 0.717) is 12.6 Å². The fourth-order valence-corrected chi connectivity index (χ4v) is 4.30. The van der Waals surface area contributed by atoms with Crippen LogP contribution in [0.15, 0.2) is 43.2 Å². The normalized spacial score (nSPS) is 17.2. The standard InChI is InChI=1S/C23H29ClN4O/c1-5-14-27-16(2)21-22(26(4)17(27)3)25-23(29-20-8-6-7-9-20)28(21)15-18-10-12-19(24)13-11-18/h10-13,20H,2-3,5-9,14-15H2,1,4H3. The topological polar surface area (TPSA) is 33.5 Å². The summed E-state index contributed by atoms with van der Waals surface area (Å²) in [6.07, 6.45) is 5.86. The van der Waals surface area contributed by atoms with E-state index in [9.17, 15) is 0 Å². The second kappa shape index (κ2) is 8.15. The van der Waals surface area contributed by atoms with Gasteiger partial charge in [-0.05, 0) is 49.8 Å². The molecule has 0 atom stereocenters. The Morgan fingerprint density at radius 2 is 1.86 bits per heavy atom. The van der Waals surface area contributed by atoms with Crippen molar-refractivity contribution in [1.29, 1.82) is 0 Å². The first-order valence-electron chi connectivity index (χ1n) is 10.4. The second-order valence-electron chi connectivity index (χ2n) is 7.88. The van der Waals surface area contributed by atoms with Crippen LogP contribution in [-0.4, -0.2) is 34.1 Å². The molecule has 0 spiro atoms. The van der Waals surface area contributed by atoms with E-state index in [1.54, 1.807) is 0 Å². The highest BCUT2D eigenvalue weighted by Crippen LogP contribution is 2.41. The number of anilines is 1. The van der Waals surface area contributed by atoms with Gasteiger partial charge in [-0.25, -0.2) is 0 Å². The Labute approximate surface area is 178 Å². The molecule has 29 heavy (non-hydrogen) atoms. The van der Waals surface area contributed by atoms with Crippen molar-refractivity contribution in [3.63, 3.8) is 0 Å². The smallest absolute Gasteiger partial charge is 0.299 e. The minimum absolute atomic E-state index is 0.233.